The maximum atomic E-state index is 12.1. The van der Waals surface area contributed by atoms with Gasteiger partial charge in [-0.2, -0.15) is 5.10 Å². The Labute approximate surface area is 158 Å². The van der Waals surface area contributed by atoms with Crippen LogP contribution < -0.4 is 21.7 Å². The predicted octanol–water partition coefficient (Wildman–Crippen LogP) is 0.768. The number of para-hydroxylation sites is 1. The van der Waals surface area contributed by atoms with Crippen molar-refractivity contribution in [1.82, 2.24) is 31.5 Å². The second-order valence-corrected chi connectivity index (χ2v) is 5.52. The van der Waals surface area contributed by atoms with Gasteiger partial charge in [-0.25, -0.2) is 20.3 Å². The number of aryl methyl sites for hydroxylation is 1. The Morgan fingerprint density at radius 2 is 1.68 bits per heavy atom. The summed E-state index contributed by atoms with van der Waals surface area (Å²) in [6.45, 7) is 1.59. The third-order valence-corrected chi connectivity index (χ3v) is 3.61. The minimum Gasteiger partial charge on any atom is -0.504 e. The van der Waals surface area contributed by atoms with Crippen molar-refractivity contribution in [3.8, 4) is 11.4 Å². The summed E-state index contributed by atoms with van der Waals surface area (Å²) in [5.74, 6) is -1.42. The fourth-order valence-corrected chi connectivity index (χ4v) is 2.24. The first kappa shape index (κ1) is 18.5. The molecule has 3 rings (SSSR count). The molecule has 0 bridgehead atoms. The lowest BCUT2D eigenvalue weighted by Gasteiger charge is -2.09. The largest absolute Gasteiger partial charge is 0.504 e. The van der Waals surface area contributed by atoms with Crippen LogP contribution in [0.4, 0.5) is 4.79 Å². The van der Waals surface area contributed by atoms with Gasteiger partial charge in [0.2, 0.25) is 0 Å². The van der Waals surface area contributed by atoms with E-state index >= 15 is 0 Å². The number of urea groups is 1. The molecule has 0 spiro atoms. The van der Waals surface area contributed by atoms with E-state index in [0.29, 0.717) is 11.4 Å². The molecule has 28 heavy (non-hydrogen) atoms. The molecule has 11 nitrogen and oxygen atoms in total. The zero-order valence-electron chi connectivity index (χ0n) is 14.6. The summed E-state index contributed by atoms with van der Waals surface area (Å²) in [7, 11) is 0. The van der Waals surface area contributed by atoms with E-state index < -0.39 is 17.8 Å². The standard InChI is InChI=1S/C17H16N6O5/c1-10-12(7-8-28-10)15(25)18-20-17(27)21-19-16(26)14-13(24)9-23(22-14)11-5-3-2-4-6-11/h2-9,24H,1H3,(H,18,25)(H,19,26)(H2,20,21,27). The van der Waals surface area contributed by atoms with Gasteiger partial charge in [-0.1, -0.05) is 18.2 Å². The number of hydrazine groups is 2. The Hall–Kier alpha value is -4.28. The molecule has 5 N–H and O–H groups in total. The molecule has 11 heteroatoms. The summed E-state index contributed by atoms with van der Waals surface area (Å²) >= 11 is 0. The molecular formula is C17H16N6O5. The number of carbonyl (C=O) groups is 3. The van der Waals surface area contributed by atoms with Gasteiger partial charge in [0.05, 0.1) is 23.7 Å². The van der Waals surface area contributed by atoms with Gasteiger partial charge in [-0.05, 0) is 25.1 Å². The molecule has 2 heterocycles. The van der Waals surface area contributed by atoms with Gasteiger partial charge < -0.3 is 9.52 Å². The maximum absolute atomic E-state index is 12.1. The molecule has 0 radical (unpaired) electrons. The van der Waals surface area contributed by atoms with Gasteiger partial charge in [-0.15, -0.1) is 0 Å². The topological polar surface area (TPSA) is 151 Å². The normalized spacial score (nSPS) is 10.2. The van der Waals surface area contributed by atoms with Gasteiger partial charge >= 0.3 is 6.03 Å². The van der Waals surface area contributed by atoms with E-state index in [0.717, 1.165) is 0 Å². The van der Waals surface area contributed by atoms with Crippen LogP contribution in [0.1, 0.15) is 26.6 Å². The smallest absolute Gasteiger partial charge is 0.352 e. The van der Waals surface area contributed by atoms with Crippen LogP contribution in [0.3, 0.4) is 0 Å². The fourth-order valence-electron chi connectivity index (χ4n) is 2.24. The number of aromatic hydroxyl groups is 1. The zero-order chi connectivity index (χ0) is 20.1. The first-order valence-electron chi connectivity index (χ1n) is 8.00. The minimum atomic E-state index is -0.912. The molecular weight excluding hydrogens is 368 g/mol. The molecule has 0 fully saturated rings. The van der Waals surface area contributed by atoms with Gasteiger partial charge in [0.25, 0.3) is 11.8 Å². The van der Waals surface area contributed by atoms with Gasteiger partial charge in [0, 0.05) is 0 Å². The number of furan rings is 1. The molecule has 3 aromatic rings. The van der Waals surface area contributed by atoms with E-state index in [2.05, 4.69) is 21.4 Å². The number of nitrogens with one attached hydrogen (secondary N) is 4. The van der Waals surface area contributed by atoms with E-state index in [4.69, 9.17) is 4.42 Å². The molecule has 2 aromatic heterocycles. The number of carbonyl (C=O) groups excluding carboxylic acids is 3. The molecule has 144 valence electrons. The van der Waals surface area contributed by atoms with Crippen molar-refractivity contribution in [2.45, 2.75) is 6.92 Å². The average molecular weight is 384 g/mol. The van der Waals surface area contributed by atoms with Gasteiger partial charge in [-0.3, -0.25) is 20.4 Å². The first-order chi connectivity index (χ1) is 13.5. The van der Waals surface area contributed by atoms with Crippen LogP contribution in [0.5, 0.6) is 5.75 Å². The van der Waals surface area contributed by atoms with E-state index in [9.17, 15) is 19.5 Å². The lowest BCUT2D eigenvalue weighted by atomic mass is 10.2. The number of amides is 4. The van der Waals surface area contributed by atoms with Crippen molar-refractivity contribution in [3.05, 3.63) is 65.9 Å². The van der Waals surface area contributed by atoms with Crippen LogP contribution >= 0.6 is 0 Å². The Morgan fingerprint density at radius 3 is 2.32 bits per heavy atom. The lowest BCUT2D eigenvalue weighted by Crippen LogP contribution is -2.52. The molecule has 0 aliphatic carbocycles. The Kier molecular flexibility index (Phi) is 5.25. The molecule has 0 aliphatic rings. The molecule has 4 amide bonds. The van der Waals surface area contributed by atoms with E-state index in [1.165, 1.54) is 23.2 Å². The summed E-state index contributed by atoms with van der Waals surface area (Å²) in [5, 5.41) is 13.9. The third kappa shape index (κ3) is 4.09. The van der Waals surface area contributed by atoms with Crippen LogP contribution in [-0.4, -0.2) is 32.7 Å². The summed E-state index contributed by atoms with van der Waals surface area (Å²) in [6.07, 6.45) is 2.60. The van der Waals surface area contributed by atoms with Crippen LogP contribution in [0.25, 0.3) is 5.69 Å². The SMILES string of the molecule is Cc1occc1C(=O)NNC(=O)NNC(=O)c1nn(-c2ccccc2)cc1O. The van der Waals surface area contributed by atoms with E-state index in [1.54, 1.807) is 31.2 Å². The summed E-state index contributed by atoms with van der Waals surface area (Å²) in [5.41, 5.74) is 8.89. The second-order valence-electron chi connectivity index (χ2n) is 5.52. The summed E-state index contributed by atoms with van der Waals surface area (Å²) < 4.78 is 6.30. The minimum absolute atomic E-state index is 0.251. The van der Waals surface area contributed by atoms with Crippen molar-refractivity contribution in [1.29, 1.82) is 0 Å². The molecule has 0 atom stereocenters. The van der Waals surface area contributed by atoms with Crippen LogP contribution in [0, 0.1) is 6.92 Å². The Balaban J connectivity index is 1.53. The highest BCUT2D eigenvalue weighted by Crippen LogP contribution is 2.17. The van der Waals surface area contributed by atoms with Crippen LogP contribution in [0.15, 0.2) is 53.3 Å². The van der Waals surface area contributed by atoms with Gasteiger partial charge in [0.15, 0.2) is 11.4 Å². The number of hydrogen-bond acceptors (Lipinski definition) is 6. The third-order valence-electron chi connectivity index (χ3n) is 3.61. The Morgan fingerprint density at radius 1 is 1.00 bits per heavy atom. The van der Waals surface area contributed by atoms with Crippen LogP contribution in [0.2, 0.25) is 0 Å². The second kappa shape index (κ2) is 7.95. The highest BCUT2D eigenvalue weighted by molar-refractivity contribution is 5.97. The molecule has 0 unspecified atom stereocenters. The van der Waals surface area contributed by atoms with Crippen molar-refractivity contribution >= 4 is 17.8 Å². The number of benzene rings is 1. The number of rotatable bonds is 3. The fraction of sp³-hybridized carbons (Fsp3) is 0.0588. The quantitative estimate of drug-likeness (QED) is 0.421. The highest BCUT2D eigenvalue weighted by Gasteiger charge is 2.18. The summed E-state index contributed by atoms with van der Waals surface area (Å²) in [6, 6.07) is 9.38. The Bertz CT molecular complexity index is 1010. The maximum Gasteiger partial charge on any atom is 0.352 e. The first-order valence-corrected chi connectivity index (χ1v) is 8.00. The molecule has 1 aromatic carbocycles. The van der Waals surface area contributed by atoms with Crippen molar-refractivity contribution < 1.29 is 23.9 Å². The number of nitrogens with zero attached hydrogens (tertiary/aromatic N) is 2. The van der Waals surface area contributed by atoms with E-state index in [-0.39, 0.29) is 17.0 Å². The monoisotopic (exact) mass is 384 g/mol. The average Bonchev–Trinajstić information content (AvgIpc) is 3.30. The van der Waals surface area contributed by atoms with Gasteiger partial charge in [0.1, 0.15) is 5.76 Å². The molecule has 0 aliphatic heterocycles. The van der Waals surface area contributed by atoms with Crippen LogP contribution in [-0.2, 0) is 0 Å². The van der Waals surface area contributed by atoms with Crippen molar-refractivity contribution in [2.75, 3.05) is 0 Å². The predicted molar refractivity (Wildman–Crippen MR) is 95.3 cm³/mol. The zero-order valence-corrected chi connectivity index (χ0v) is 14.6. The molecule has 0 saturated carbocycles. The van der Waals surface area contributed by atoms with Crippen molar-refractivity contribution in [3.63, 3.8) is 0 Å². The summed E-state index contributed by atoms with van der Waals surface area (Å²) in [4.78, 5) is 35.6. The van der Waals surface area contributed by atoms with E-state index in [1.807, 2.05) is 11.5 Å². The number of hydrogen-bond donors (Lipinski definition) is 5. The lowest BCUT2D eigenvalue weighted by molar-refractivity contribution is 0.0923. The number of aromatic nitrogens is 2. The molecule has 0 saturated heterocycles. The highest BCUT2D eigenvalue weighted by atomic mass is 16.3. The van der Waals surface area contributed by atoms with Crippen molar-refractivity contribution in [2.24, 2.45) is 0 Å².